The minimum atomic E-state index is -0.0208. The number of anilines is 1. The first-order valence-corrected chi connectivity index (χ1v) is 7.10. The van der Waals surface area contributed by atoms with E-state index in [4.69, 9.17) is 15.6 Å². The van der Waals surface area contributed by atoms with Gasteiger partial charge in [-0.2, -0.15) is 5.10 Å². The van der Waals surface area contributed by atoms with Crippen LogP contribution in [0, 0.1) is 6.92 Å². The van der Waals surface area contributed by atoms with E-state index in [0.717, 1.165) is 42.0 Å². The van der Waals surface area contributed by atoms with E-state index in [2.05, 4.69) is 0 Å². The fourth-order valence-corrected chi connectivity index (χ4v) is 2.82. The monoisotopic (exact) mass is 271 g/mol. The summed E-state index contributed by atoms with van der Waals surface area (Å²) in [5.41, 5.74) is 9.31. The molecule has 1 aliphatic carbocycles. The highest BCUT2D eigenvalue weighted by molar-refractivity contribution is 5.49. The molecule has 0 radical (unpaired) electrons. The van der Waals surface area contributed by atoms with Crippen molar-refractivity contribution in [2.75, 3.05) is 12.8 Å². The van der Waals surface area contributed by atoms with Crippen LogP contribution in [-0.4, -0.2) is 22.5 Å². The van der Waals surface area contributed by atoms with Crippen LogP contribution in [0.15, 0.2) is 30.3 Å². The van der Waals surface area contributed by atoms with Gasteiger partial charge in [-0.05, 0) is 38.3 Å². The largest absolute Gasteiger partial charge is 0.383 e. The third-order valence-electron chi connectivity index (χ3n) is 4.45. The van der Waals surface area contributed by atoms with Gasteiger partial charge in [0.25, 0.3) is 0 Å². The molecule has 0 saturated heterocycles. The number of hydrogen-bond acceptors (Lipinski definition) is 3. The lowest BCUT2D eigenvalue weighted by atomic mass is 9.76. The van der Waals surface area contributed by atoms with Crippen LogP contribution in [0.1, 0.15) is 30.5 Å². The number of benzene rings is 1. The molecule has 1 aliphatic rings. The zero-order valence-corrected chi connectivity index (χ0v) is 12.1. The Kier molecular flexibility index (Phi) is 3.26. The Bertz CT molecular complexity index is 594. The van der Waals surface area contributed by atoms with Crippen molar-refractivity contribution in [1.82, 2.24) is 9.78 Å². The second-order valence-electron chi connectivity index (χ2n) is 5.62. The van der Waals surface area contributed by atoms with Crippen LogP contribution in [0.3, 0.4) is 0 Å². The summed E-state index contributed by atoms with van der Waals surface area (Å²) < 4.78 is 7.52. The molecule has 2 N–H and O–H groups in total. The topological polar surface area (TPSA) is 53.1 Å². The smallest absolute Gasteiger partial charge is 0.130 e. The van der Waals surface area contributed by atoms with E-state index in [1.54, 1.807) is 7.11 Å². The lowest BCUT2D eigenvalue weighted by Gasteiger charge is -2.40. The predicted octanol–water partition coefficient (Wildman–Crippen LogP) is 2.87. The maximum atomic E-state index is 6.21. The molecule has 106 valence electrons. The molecule has 1 saturated carbocycles. The van der Waals surface area contributed by atoms with E-state index in [9.17, 15) is 0 Å². The van der Waals surface area contributed by atoms with Crippen molar-refractivity contribution in [2.24, 2.45) is 0 Å². The van der Waals surface area contributed by atoms with Crippen LogP contribution in [0.25, 0.3) is 5.69 Å². The molecule has 3 rings (SSSR count). The number of ether oxygens (including phenoxy) is 1. The van der Waals surface area contributed by atoms with Gasteiger partial charge in [-0.1, -0.05) is 18.2 Å². The van der Waals surface area contributed by atoms with Crippen LogP contribution < -0.4 is 5.73 Å². The second kappa shape index (κ2) is 4.94. The van der Waals surface area contributed by atoms with Crippen molar-refractivity contribution in [3.05, 3.63) is 41.6 Å². The molecule has 20 heavy (non-hydrogen) atoms. The lowest BCUT2D eigenvalue weighted by Crippen LogP contribution is -2.41. The highest BCUT2D eigenvalue weighted by atomic mass is 16.5. The molecule has 0 amide bonds. The summed E-state index contributed by atoms with van der Waals surface area (Å²) in [6, 6.07) is 10.0. The molecule has 0 atom stereocenters. The quantitative estimate of drug-likeness (QED) is 0.930. The van der Waals surface area contributed by atoms with Crippen molar-refractivity contribution >= 4 is 5.82 Å². The Hall–Kier alpha value is -1.81. The van der Waals surface area contributed by atoms with Gasteiger partial charge >= 0.3 is 0 Å². The molecule has 2 aromatic rings. The van der Waals surface area contributed by atoms with Crippen LogP contribution in [0.5, 0.6) is 0 Å². The van der Waals surface area contributed by atoms with Crippen molar-refractivity contribution in [3.8, 4) is 5.69 Å². The number of hydrogen-bond donors (Lipinski definition) is 1. The minimum absolute atomic E-state index is 0.0208. The minimum Gasteiger partial charge on any atom is -0.383 e. The zero-order valence-electron chi connectivity index (χ0n) is 12.1. The maximum Gasteiger partial charge on any atom is 0.130 e. The highest BCUT2D eigenvalue weighted by Crippen LogP contribution is 2.38. The first-order valence-electron chi connectivity index (χ1n) is 7.10. The van der Waals surface area contributed by atoms with Gasteiger partial charge in [0.2, 0.25) is 0 Å². The fraction of sp³-hybridized carbons (Fsp3) is 0.438. The molecular formula is C16H21N3O. The predicted molar refractivity (Wildman–Crippen MR) is 80.0 cm³/mol. The normalized spacial score (nSPS) is 16.9. The summed E-state index contributed by atoms with van der Waals surface area (Å²) in [6.07, 6.45) is 4.31. The number of nitrogen functional groups attached to an aromatic ring is 1. The van der Waals surface area contributed by atoms with Crippen LogP contribution in [0.4, 0.5) is 5.82 Å². The van der Waals surface area contributed by atoms with Gasteiger partial charge in [0.15, 0.2) is 0 Å². The number of methoxy groups -OCH3 is 1. The molecule has 0 spiro atoms. The Morgan fingerprint density at radius 3 is 2.55 bits per heavy atom. The Morgan fingerprint density at radius 2 is 2.00 bits per heavy atom. The summed E-state index contributed by atoms with van der Waals surface area (Å²) in [5.74, 6) is 0.719. The molecule has 0 unspecified atom stereocenters. The molecule has 1 fully saturated rings. The van der Waals surface area contributed by atoms with E-state index in [0.29, 0.717) is 0 Å². The summed E-state index contributed by atoms with van der Waals surface area (Å²) in [4.78, 5) is 0. The van der Waals surface area contributed by atoms with E-state index in [1.165, 1.54) is 6.42 Å². The zero-order chi connectivity index (χ0) is 14.2. The average molecular weight is 271 g/mol. The van der Waals surface area contributed by atoms with Crippen LogP contribution >= 0.6 is 0 Å². The standard InChI is InChI=1S/C16H21N3O/c1-12-14(11-16(20-2)9-6-10-16)18-19(15(12)17)13-7-4-3-5-8-13/h3-5,7-8H,6,9-11,17H2,1-2H3. The average Bonchev–Trinajstić information content (AvgIpc) is 2.72. The third kappa shape index (κ3) is 2.10. The van der Waals surface area contributed by atoms with Gasteiger partial charge < -0.3 is 10.5 Å². The molecule has 1 heterocycles. The highest BCUT2D eigenvalue weighted by Gasteiger charge is 2.38. The molecular weight excluding hydrogens is 250 g/mol. The van der Waals surface area contributed by atoms with Crippen LogP contribution in [0.2, 0.25) is 0 Å². The summed E-state index contributed by atoms with van der Waals surface area (Å²) in [6.45, 7) is 2.04. The van der Waals surface area contributed by atoms with Gasteiger partial charge in [0.1, 0.15) is 5.82 Å². The van der Waals surface area contributed by atoms with E-state index in [-0.39, 0.29) is 5.60 Å². The molecule has 0 aliphatic heterocycles. The Morgan fingerprint density at radius 1 is 1.30 bits per heavy atom. The maximum absolute atomic E-state index is 6.21. The van der Waals surface area contributed by atoms with E-state index < -0.39 is 0 Å². The van der Waals surface area contributed by atoms with Gasteiger partial charge in [-0.25, -0.2) is 4.68 Å². The summed E-state index contributed by atoms with van der Waals surface area (Å²) in [5, 5.41) is 4.71. The van der Waals surface area contributed by atoms with Gasteiger partial charge in [0, 0.05) is 19.1 Å². The first-order chi connectivity index (χ1) is 9.65. The first kappa shape index (κ1) is 13.2. The van der Waals surface area contributed by atoms with Crippen LogP contribution in [-0.2, 0) is 11.2 Å². The molecule has 1 aromatic heterocycles. The van der Waals surface area contributed by atoms with Gasteiger partial charge in [-0.3, -0.25) is 0 Å². The number of nitrogens with zero attached hydrogens (tertiary/aromatic N) is 2. The molecule has 0 bridgehead atoms. The second-order valence-corrected chi connectivity index (χ2v) is 5.62. The summed E-state index contributed by atoms with van der Waals surface area (Å²) >= 11 is 0. The number of nitrogens with two attached hydrogens (primary N) is 1. The van der Waals surface area contributed by atoms with Gasteiger partial charge in [0.05, 0.1) is 17.0 Å². The number of rotatable bonds is 4. The van der Waals surface area contributed by atoms with Gasteiger partial charge in [-0.15, -0.1) is 0 Å². The molecule has 4 heteroatoms. The number of aromatic nitrogens is 2. The fourth-order valence-electron chi connectivity index (χ4n) is 2.82. The molecule has 1 aromatic carbocycles. The van der Waals surface area contributed by atoms with Crippen molar-refractivity contribution in [2.45, 2.75) is 38.2 Å². The van der Waals surface area contributed by atoms with Crippen molar-refractivity contribution < 1.29 is 4.74 Å². The Balaban J connectivity index is 1.94. The molecule has 4 nitrogen and oxygen atoms in total. The van der Waals surface area contributed by atoms with E-state index >= 15 is 0 Å². The third-order valence-corrected chi connectivity index (χ3v) is 4.45. The van der Waals surface area contributed by atoms with Crippen molar-refractivity contribution in [1.29, 1.82) is 0 Å². The van der Waals surface area contributed by atoms with Crippen molar-refractivity contribution in [3.63, 3.8) is 0 Å². The lowest BCUT2D eigenvalue weighted by molar-refractivity contribution is -0.0715. The summed E-state index contributed by atoms with van der Waals surface area (Å²) in [7, 11) is 1.80. The Labute approximate surface area is 119 Å². The van der Waals surface area contributed by atoms with E-state index in [1.807, 2.05) is 41.9 Å². The SMILES string of the molecule is COC1(Cc2nn(-c3ccccc3)c(N)c2C)CCC1. The number of para-hydroxylation sites is 1.